The molecule has 2 aliphatic rings. The lowest BCUT2D eigenvalue weighted by atomic mass is 9.97. The number of allylic oxidation sites excluding steroid dienone is 2. The van der Waals surface area contributed by atoms with Crippen molar-refractivity contribution >= 4 is 17.6 Å². The van der Waals surface area contributed by atoms with Crippen molar-refractivity contribution in [2.45, 2.75) is 37.4 Å². The fourth-order valence-electron chi connectivity index (χ4n) is 2.64. The van der Waals surface area contributed by atoms with E-state index in [2.05, 4.69) is 34.6 Å². The number of nitrogens with one attached hydrogen (secondary N) is 2. The maximum Gasteiger partial charge on any atom is 0.148 e. The molecular formula is C14H21N3OS. The van der Waals surface area contributed by atoms with Crippen LogP contribution in [0.2, 0.25) is 0 Å². The Morgan fingerprint density at radius 1 is 1.47 bits per heavy atom. The molecule has 0 aliphatic carbocycles. The Hall–Kier alpha value is -0.940. The van der Waals surface area contributed by atoms with Gasteiger partial charge in [0.1, 0.15) is 5.82 Å². The van der Waals surface area contributed by atoms with Crippen molar-refractivity contribution in [1.29, 1.82) is 0 Å². The highest BCUT2D eigenvalue weighted by atomic mass is 32.2. The molecule has 1 aromatic rings. The van der Waals surface area contributed by atoms with Gasteiger partial charge in [-0.2, -0.15) is 5.10 Å². The molecule has 0 radical (unpaired) electrons. The minimum absolute atomic E-state index is 0.585. The van der Waals surface area contributed by atoms with Crippen molar-refractivity contribution in [1.82, 2.24) is 10.2 Å². The zero-order valence-corrected chi connectivity index (χ0v) is 12.1. The Morgan fingerprint density at radius 2 is 2.32 bits per heavy atom. The number of thioether (sulfide) groups is 1. The molecule has 5 heteroatoms. The normalized spacial score (nSPS) is 24.5. The van der Waals surface area contributed by atoms with Gasteiger partial charge < -0.3 is 10.1 Å². The number of hydrogen-bond acceptors (Lipinski definition) is 4. The lowest BCUT2D eigenvalue weighted by molar-refractivity contribution is 0.0845. The van der Waals surface area contributed by atoms with Crippen LogP contribution in [0.25, 0.3) is 0 Å². The summed E-state index contributed by atoms with van der Waals surface area (Å²) in [6.45, 7) is 4.91. The van der Waals surface area contributed by atoms with E-state index in [9.17, 15) is 0 Å². The van der Waals surface area contributed by atoms with Crippen LogP contribution in [-0.4, -0.2) is 35.2 Å². The first kappa shape index (κ1) is 13.1. The zero-order chi connectivity index (χ0) is 13.1. The lowest BCUT2D eigenvalue weighted by Crippen LogP contribution is -2.14. The monoisotopic (exact) mass is 279 g/mol. The summed E-state index contributed by atoms with van der Waals surface area (Å²) >= 11 is 1.96. The van der Waals surface area contributed by atoms with Gasteiger partial charge in [-0.15, -0.1) is 11.8 Å². The van der Waals surface area contributed by atoms with Crippen molar-refractivity contribution in [2.24, 2.45) is 0 Å². The number of nitrogens with zero attached hydrogens (tertiary/aromatic N) is 1. The van der Waals surface area contributed by atoms with Crippen molar-refractivity contribution in [3.8, 4) is 0 Å². The van der Waals surface area contributed by atoms with Gasteiger partial charge in [-0.05, 0) is 31.1 Å². The Morgan fingerprint density at radius 3 is 3.05 bits per heavy atom. The quantitative estimate of drug-likeness (QED) is 0.889. The van der Waals surface area contributed by atoms with E-state index in [1.807, 2.05) is 11.8 Å². The van der Waals surface area contributed by atoms with Gasteiger partial charge in [-0.1, -0.05) is 6.08 Å². The van der Waals surface area contributed by atoms with Crippen LogP contribution >= 0.6 is 11.8 Å². The summed E-state index contributed by atoms with van der Waals surface area (Å²) in [7, 11) is 0. The van der Waals surface area contributed by atoms with Gasteiger partial charge in [-0.3, -0.25) is 5.10 Å². The summed E-state index contributed by atoms with van der Waals surface area (Å²) in [6.07, 6.45) is 5.68. The summed E-state index contributed by atoms with van der Waals surface area (Å²) in [4.78, 5) is 1.44. The smallest absolute Gasteiger partial charge is 0.148 e. The van der Waals surface area contributed by atoms with E-state index in [0.717, 1.165) is 38.4 Å². The maximum absolute atomic E-state index is 5.39. The summed E-state index contributed by atoms with van der Waals surface area (Å²) in [6, 6.07) is 2.16. The van der Waals surface area contributed by atoms with Crippen LogP contribution in [0.5, 0.6) is 0 Å². The molecule has 1 unspecified atom stereocenters. The molecule has 2 aliphatic heterocycles. The summed E-state index contributed by atoms with van der Waals surface area (Å²) in [5, 5.41) is 11.6. The highest BCUT2D eigenvalue weighted by Crippen LogP contribution is 2.32. The molecule has 0 aromatic carbocycles. The largest absolute Gasteiger partial charge is 0.381 e. The first-order valence-electron chi connectivity index (χ1n) is 7.01. The van der Waals surface area contributed by atoms with Crippen LogP contribution in [0.4, 0.5) is 5.82 Å². The number of ether oxygens (including phenoxy) is 1. The van der Waals surface area contributed by atoms with E-state index < -0.39 is 0 Å². The summed E-state index contributed by atoms with van der Waals surface area (Å²) < 4.78 is 5.39. The van der Waals surface area contributed by atoms with Crippen LogP contribution in [0.3, 0.4) is 0 Å². The minimum atomic E-state index is 0.585. The first-order chi connectivity index (χ1) is 9.31. The fourth-order valence-corrected chi connectivity index (χ4v) is 3.72. The average Bonchev–Trinajstić information content (AvgIpc) is 3.06. The van der Waals surface area contributed by atoms with Crippen LogP contribution in [0, 0.1) is 0 Å². The van der Waals surface area contributed by atoms with E-state index in [-0.39, 0.29) is 0 Å². The second kappa shape index (κ2) is 6.01. The van der Waals surface area contributed by atoms with Crippen molar-refractivity contribution in [2.75, 3.05) is 25.1 Å². The van der Waals surface area contributed by atoms with Crippen LogP contribution in [-0.2, 0) is 4.74 Å². The minimum Gasteiger partial charge on any atom is -0.381 e. The Kier molecular flexibility index (Phi) is 4.13. The van der Waals surface area contributed by atoms with Gasteiger partial charge in [0.05, 0.1) is 0 Å². The topological polar surface area (TPSA) is 49.9 Å². The third kappa shape index (κ3) is 3.34. The second-order valence-electron chi connectivity index (χ2n) is 5.27. The second-order valence-corrected chi connectivity index (χ2v) is 6.81. The van der Waals surface area contributed by atoms with Gasteiger partial charge in [0.2, 0.25) is 0 Å². The van der Waals surface area contributed by atoms with E-state index >= 15 is 0 Å². The molecule has 0 bridgehead atoms. The lowest BCUT2D eigenvalue weighted by Gasteiger charge is -2.20. The van der Waals surface area contributed by atoms with Gasteiger partial charge in [0.25, 0.3) is 0 Å². The molecule has 0 spiro atoms. The number of hydrogen-bond donors (Lipinski definition) is 2. The third-order valence-corrected chi connectivity index (χ3v) is 5.02. The number of aromatic nitrogens is 2. The fraction of sp³-hybridized carbons (Fsp3) is 0.643. The highest BCUT2D eigenvalue weighted by molar-refractivity contribution is 8.03. The van der Waals surface area contributed by atoms with E-state index in [0.29, 0.717) is 11.2 Å². The van der Waals surface area contributed by atoms with E-state index in [1.54, 1.807) is 0 Å². The number of anilines is 1. The van der Waals surface area contributed by atoms with Gasteiger partial charge in [0, 0.05) is 42.7 Å². The summed E-state index contributed by atoms with van der Waals surface area (Å²) in [5.74, 6) is 1.56. The van der Waals surface area contributed by atoms with Crippen molar-refractivity contribution < 1.29 is 4.74 Å². The molecule has 104 valence electrons. The predicted molar refractivity (Wildman–Crippen MR) is 79.6 cm³/mol. The van der Waals surface area contributed by atoms with Crippen LogP contribution < -0.4 is 5.32 Å². The summed E-state index contributed by atoms with van der Waals surface area (Å²) in [5.41, 5.74) is 1.25. The molecular weight excluding hydrogens is 258 g/mol. The molecule has 0 saturated carbocycles. The first-order valence-corrected chi connectivity index (χ1v) is 7.89. The average molecular weight is 279 g/mol. The Labute approximate surface area is 118 Å². The zero-order valence-electron chi connectivity index (χ0n) is 11.3. The molecule has 2 N–H and O–H groups in total. The Bertz CT molecular complexity index is 451. The number of aromatic amines is 1. The maximum atomic E-state index is 5.39. The molecule has 19 heavy (non-hydrogen) atoms. The van der Waals surface area contributed by atoms with Crippen molar-refractivity contribution in [3.63, 3.8) is 0 Å². The molecule has 1 saturated heterocycles. The standard InChI is InChI=1S/C14H21N3OS/c1-10-2-3-12(19-10)9-15-14-8-13(16-17-14)11-4-6-18-7-5-11/h2,8,11-12H,3-7,9H2,1H3,(H2,15,16,17). The molecule has 3 rings (SSSR count). The number of H-pyrrole nitrogens is 1. The molecule has 4 nitrogen and oxygen atoms in total. The third-order valence-electron chi connectivity index (χ3n) is 3.79. The molecule has 1 fully saturated rings. The SMILES string of the molecule is CC1=CCC(CNc2cc(C3CCOCC3)[nH]n2)S1. The van der Waals surface area contributed by atoms with Crippen LogP contribution in [0.1, 0.15) is 37.8 Å². The number of rotatable bonds is 4. The molecule has 1 atom stereocenters. The Balaban J connectivity index is 1.50. The van der Waals surface area contributed by atoms with Gasteiger partial charge in [-0.25, -0.2) is 0 Å². The highest BCUT2D eigenvalue weighted by Gasteiger charge is 2.19. The molecule has 3 heterocycles. The van der Waals surface area contributed by atoms with E-state index in [4.69, 9.17) is 4.74 Å². The van der Waals surface area contributed by atoms with Crippen molar-refractivity contribution in [3.05, 3.63) is 22.7 Å². The van der Waals surface area contributed by atoms with Crippen LogP contribution in [0.15, 0.2) is 17.0 Å². The van der Waals surface area contributed by atoms with E-state index in [1.165, 1.54) is 17.0 Å². The van der Waals surface area contributed by atoms with Gasteiger partial charge in [0.15, 0.2) is 0 Å². The van der Waals surface area contributed by atoms with Gasteiger partial charge >= 0.3 is 0 Å². The predicted octanol–water partition coefficient (Wildman–Crippen LogP) is 3.12. The molecule has 1 aromatic heterocycles. The molecule has 0 amide bonds.